The lowest BCUT2D eigenvalue weighted by atomic mass is 9.77. The predicted molar refractivity (Wildman–Crippen MR) is 90.9 cm³/mol. The van der Waals surface area contributed by atoms with Crippen molar-refractivity contribution in [3.63, 3.8) is 0 Å². The number of nitrogens with zero attached hydrogens (tertiary/aromatic N) is 3. The number of benzene rings is 1. The molecule has 0 aromatic heterocycles. The fourth-order valence-corrected chi connectivity index (χ4v) is 7.79. The van der Waals surface area contributed by atoms with Crippen LogP contribution in [0.25, 0.3) is 4.85 Å². The summed E-state index contributed by atoms with van der Waals surface area (Å²) >= 11 is 0. The largest absolute Gasteiger partial charge is 0.417 e. The number of hydrogen-bond donors (Lipinski definition) is 0. The normalized spacial score (nSPS) is 36.3. The molecule has 142 valence electrons. The molecule has 3 fully saturated rings. The van der Waals surface area contributed by atoms with Crippen LogP contribution in [0, 0.1) is 35.7 Å². The van der Waals surface area contributed by atoms with E-state index in [0.29, 0.717) is 12.8 Å². The summed E-state index contributed by atoms with van der Waals surface area (Å²) < 4.78 is 66.4. The number of nitriles is 1. The molecule has 2 bridgehead atoms. The van der Waals surface area contributed by atoms with Crippen molar-refractivity contribution >= 4 is 15.7 Å². The van der Waals surface area contributed by atoms with Crippen molar-refractivity contribution in [3.05, 3.63) is 40.7 Å². The molecule has 1 aliphatic heterocycles. The van der Waals surface area contributed by atoms with Gasteiger partial charge in [0.25, 0.3) is 0 Å². The monoisotopic (exact) mass is 395 g/mol. The Morgan fingerprint density at radius 1 is 1.37 bits per heavy atom. The zero-order valence-electron chi connectivity index (χ0n) is 14.4. The molecule has 27 heavy (non-hydrogen) atoms. The van der Waals surface area contributed by atoms with Crippen LogP contribution in [0.15, 0.2) is 18.2 Å². The first-order valence-corrected chi connectivity index (χ1v) is 10.00. The van der Waals surface area contributed by atoms with E-state index < -0.39 is 32.1 Å². The Hall–Kier alpha value is -2.26. The molecule has 3 aliphatic rings. The molecule has 0 spiro atoms. The summed E-state index contributed by atoms with van der Waals surface area (Å²) in [5.74, 6) is -0.467. The van der Waals surface area contributed by atoms with Gasteiger partial charge in [0.15, 0.2) is 0 Å². The summed E-state index contributed by atoms with van der Waals surface area (Å²) in [6.07, 6.45) is -3.55. The lowest BCUT2D eigenvalue weighted by Gasteiger charge is -2.33. The molecule has 0 N–H and O–H groups in total. The highest BCUT2D eigenvalue weighted by atomic mass is 32.2. The predicted octanol–water partition coefficient (Wildman–Crippen LogP) is 3.43. The number of hydrogen-bond acceptors (Lipinski definition) is 3. The topological polar surface area (TPSA) is 65.5 Å². The first kappa shape index (κ1) is 18.1. The fourth-order valence-electron chi connectivity index (χ4n) is 5.32. The van der Waals surface area contributed by atoms with Crippen LogP contribution >= 0.6 is 0 Å². The summed E-state index contributed by atoms with van der Waals surface area (Å²) in [6, 6.07) is 4.30. The Labute approximate surface area is 155 Å². The van der Waals surface area contributed by atoms with Gasteiger partial charge in [0.2, 0.25) is 16.1 Å². The molecule has 5 atom stereocenters. The number of rotatable bonds is 1. The summed E-state index contributed by atoms with van der Waals surface area (Å²) in [4.78, 5) is 3.63. The molecule has 0 radical (unpaired) electrons. The molecule has 2 saturated carbocycles. The van der Waals surface area contributed by atoms with E-state index in [1.54, 1.807) is 6.92 Å². The van der Waals surface area contributed by atoms with Crippen LogP contribution in [-0.2, 0) is 16.2 Å². The number of anilines is 1. The van der Waals surface area contributed by atoms with Crippen LogP contribution < -0.4 is 4.31 Å². The molecule has 5 nitrogen and oxygen atoms in total. The Bertz CT molecular complexity index is 1010. The van der Waals surface area contributed by atoms with E-state index in [1.165, 1.54) is 12.1 Å². The van der Waals surface area contributed by atoms with Gasteiger partial charge in [-0.05, 0) is 37.5 Å². The van der Waals surface area contributed by atoms with Gasteiger partial charge in [0.05, 0.1) is 27.6 Å². The van der Waals surface area contributed by atoms with Gasteiger partial charge < -0.3 is 4.85 Å². The van der Waals surface area contributed by atoms with Crippen molar-refractivity contribution in [2.45, 2.75) is 36.7 Å². The minimum atomic E-state index is -4.75. The fraction of sp³-hybridized carbons (Fsp3) is 0.556. The first-order chi connectivity index (χ1) is 12.6. The molecule has 4 rings (SSSR count). The van der Waals surface area contributed by atoms with Crippen LogP contribution in [0.2, 0.25) is 0 Å². The van der Waals surface area contributed by atoms with Gasteiger partial charge in [-0.3, -0.25) is 4.31 Å². The van der Waals surface area contributed by atoms with E-state index >= 15 is 0 Å². The average molecular weight is 395 g/mol. The highest BCUT2D eigenvalue weighted by Crippen LogP contribution is 2.63. The number of fused-ring (bicyclic) bond motifs is 5. The van der Waals surface area contributed by atoms with E-state index in [0.717, 1.165) is 16.4 Å². The third-order valence-corrected chi connectivity index (χ3v) is 9.42. The third kappa shape index (κ3) is 2.18. The smallest absolute Gasteiger partial charge is 0.313 e. The molecule has 2 aliphatic carbocycles. The number of alkyl halides is 3. The second-order valence-electron chi connectivity index (χ2n) is 7.69. The van der Waals surface area contributed by atoms with Crippen molar-refractivity contribution in [2.75, 3.05) is 10.8 Å². The molecule has 1 saturated heterocycles. The SMILES string of the molecule is [C-]#[N+][C@@H]1C[C@H]2C[C@H]1[C@@H]1CN(c3ccc(C#N)c(C(F)(F)F)c3)S(=O)(=O)[C@]21C. The average Bonchev–Trinajstić information content (AvgIpc) is 3.21. The van der Waals surface area contributed by atoms with Crippen LogP contribution in [0.4, 0.5) is 18.9 Å². The quantitative estimate of drug-likeness (QED) is 0.685. The van der Waals surface area contributed by atoms with Gasteiger partial charge in [-0.25, -0.2) is 15.0 Å². The van der Waals surface area contributed by atoms with Crippen molar-refractivity contribution < 1.29 is 21.6 Å². The van der Waals surface area contributed by atoms with Crippen molar-refractivity contribution in [3.8, 4) is 6.07 Å². The lowest BCUT2D eigenvalue weighted by molar-refractivity contribution is -0.137. The Balaban J connectivity index is 1.80. The second-order valence-corrected chi connectivity index (χ2v) is 9.97. The third-order valence-electron chi connectivity index (χ3n) is 6.73. The van der Waals surface area contributed by atoms with Crippen LogP contribution in [0.1, 0.15) is 30.9 Å². The zero-order valence-corrected chi connectivity index (χ0v) is 15.2. The van der Waals surface area contributed by atoms with E-state index in [2.05, 4.69) is 4.85 Å². The Morgan fingerprint density at radius 2 is 2.07 bits per heavy atom. The summed E-state index contributed by atoms with van der Waals surface area (Å²) in [7, 11) is -3.88. The van der Waals surface area contributed by atoms with Gasteiger partial charge in [-0.15, -0.1) is 0 Å². The Morgan fingerprint density at radius 3 is 2.67 bits per heavy atom. The molecule has 0 unspecified atom stereocenters. The second kappa shape index (κ2) is 5.39. The highest BCUT2D eigenvalue weighted by Gasteiger charge is 2.72. The van der Waals surface area contributed by atoms with Gasteiger partial charge in [0, 0.05) is 24.8 Å². The molecule has 1 heterocycles. The van der Waals surface area contributed by atoms with Gasteiger partial charge in [-0.2, -0.15) is 18.4 Å². The highest BCUT2D eigenvalue weighted by molar-refractivity contribution is 7.94. The molecule has 1 aromatic rings. The molecule has 1 aromatic carbocycles. The molecular formula is C18H16F3N3O2S. The standard InChI is InChI=1S/C18H16F3N3O2S/c1-17-11-5-13(16(6-11)23-2)15(17)9-24(27(17,25)26)12-4-3-10(8-22)14(7-12)18(19,20)21/h3-4,7,11,13,15-16H,5-6,9H2,1H3/t11-,13+,15+,16-,17-/m1/s1. The lowest BCUT2D eigenvalue weighted by Crippen LogP contribution is -2.46. The molecule has 9 heteroatoms. The number of halogens is 3. The van der Waals surface area contributed by atoms with Crippen molar-refractivity contribution in [1.82, 2.24) is 0 Å². The summed E-state index contributed by atoms with van der Waals surface area (Å²) in [5, 5.41) is 8.94. The summed E-state index contributed by atoms with van der Waals surface area (Å²) in [5.41, 5.74) is -1.75. The van der Waals surface area contributed by atoms with Gasteiger partial charge in [0.1, 0.15) is 0 Å². The maximum atomic E-state index is 13.3. The van der Waals surface area contributed by atoms with E-state index in [4.69, 9.17) is 11.8 Å². The maximum Gasteiger partial charge on any atom is 0.417 e. The minimum Gasteiger partial charge on any atom is -0.313 e. The maximum absolute atomic E-state index is 13.3. The molecule has 0 amide bonds. The van der Waals surface area contributed by atoms with Gasteiger partial charge >= 0.3 is 6.18 Å². The molecular weight excluding hydrogens is 379 g/mol. The van der Waals surface area contributed by atoms with Crippen molar-refractivity contribution in [1.29, 1.82) is 5.26 Å². The van der Waals surface area contributed by atoms with E-state index in [9.17, 15) is 21.6 Å². The van der Waals surface area contributed by atoms with Crippen LogP contribution in [0.5, 0.6) is 0 Å². The first-order valence-electron chi connectivity index (χ1n) is 8.56. The van der Waals surface area contributed by atoms with E-state index in [-0.39, 0.29) is 36.0 Å². The minimum absolute atomic E-state index is 0.0438. The van der Waals surface area contributed by atoms with E-state index in [1.807, 2.05) is 0 Å². The Kier molecular flexibility index (Phi) is 3.61. The van der Waals surface area contributed by atoms with Crippen LogP contribution in [0.3, 0.4) is 0 Å². The van der Waals surface area contributed by atoms with Gasteiger partial charge in [-0.1, -0.05) is 0 Å². The summed E-state index contributed by atoms with van der Waals surface area (Å²) in [6.45, 7) is 9.08. The number of sulfonamides is 1. The van der Waals surface area contributed by atoms with Crippen molar-refractivity contribution in [2.24, 2.45) is 17.8 Å². The zero-order chi connectivity index (χ0) is 19.8. The van der Waals surface area contributed by atoms with Crippen LogP contribution in [-0.4, -0.2) is 25.8 Å².